The van der Waals surface area contributed by atoms with Gasteiger partial charge in [-0.15, -0.1) is 0 Å². The zero-order valence-corrected chi connectivity index (χ0v) is 15.6. The summed E-state index contributed by atoms with van der Waals surface area (Å²) in [5.74, 6) is 1.36. The van der Waals surface area contributed by atoms with Gasteiger partial charge in [-0.3, -0.25) is 4.79 Å². The number of rotatable bonds is 11. The molecule has 2 atom stereocenters. The fraction of sp³-hybridized carbons (Fsp3) is 0.750. The number of hydrogen-bond donors (Lipinski definition) is 2. The zero-order chi connectivity index (χ0) is 17.4. The van der Waals surface area contributed by atoms with Crippen LogP contribution >= 0.6 is 0 Å². The highest BCUT2D eigenvalue weighted by Crippen LogP contribution is 2.29. The van der Waals surface area contributed by atoms with Gasteiger partial charge in [-0.25, -0.2) is 0 Å². The molecule has 0 aromatic rings. The van der Waals surface area contributed by atoms with Crippen LogP contribution in [-0.4, -0.2) is 17.9 Å². The summed E-state index contributed by atoms with van der Waals surface area (Å²) in [6.45, 7) is 16.5. The molecule has 1 aliphatic rings. The van der Waals surface area contributed by atoms with Crippen LogP contribution in [0.1, 0.15) is 72.6 Å². The lowest BCUT2D eigenvalue weighted by molar-refractivity contribution is -0.119. The maximum Gasteiger partial charge on any atom is 0.151 e. The van der Waals surface area contributed by atoms with Gasteiger partial charge in [0.1, 0.15) is 0 Å². The minimum atomic E-state index is -0.126. The molecular formula is C20H36N2O. The first-order valence-corrected chi connectivity index (χ1v) is 9.25. The molecule has 0 amide bonds. The maximum absolute atomic E-state index is 11.8. The Kier molecular flexibility index (Phi) is 8.43. The molecule has 23 heavy (non-hydrogen) atoms. The molecule has 132 valence electrons. The van der Waals surface area contributed by atoms with E-state index in [4.69, 9.17) is 0 Å². The number of nitrogens with one attached hydrogen (secondary N) is 2. The second-order valence-corrected chi connectivity index (χ2v) is 7.45. The maximum atomic E-state index is 11.8. The van der Waals surface area contributed by atoms with Gasteiger partial charge in [0.15, 0.2) is 5.78 Å². The van der Waals surface area contributed by atoms with E-state index in [1.54, 1.807) is 6.92 Å². The third kappa shape index (κ3) is 6.80. The molecule has 2 N–H and O–H groups in total. The second kappa shape index (κ2) is 9.79. The van der Waals surface area contributed by atoms with E-state index >= 15 is 0 Å². The van der Waals surface area contributed by atoms with Gasteiger partial charge >= 0.3 is 0 Å². The average molecular weight is 321 g/mol. The predicted molar refractivity (Wildman–Crippen MR) is 99.1 cm³/mol. The summed E-state index contributed by atoms with van der Waals surface area (Å²) >= 11 is 0. The Morgan fingerprint density at radius 1 is 1.17 bits per heavy atom. The normalized spacial score (nSPS) is 17.8. The number of allylic oxidation sites excluding steroid dienone is 1. The third-order valence-electron chi connectivity index (χ3n) is 4.84. The molecule has 0 bridgehead atoms. The van der Waals surface area contributed by atoms with E-state index in [0.717, 1.165) is 36.6 Å². The Morgan fingerprint density at radius 3 is 2.26 bits per heavy atom. The summed E-state index contributed by atoms with van der Waals surface area (Å²) < 4.78 is 0. The molecule has 1 aliphatic carbocycles. The SMILES string of the molecule is C=C(CC1CCCC1)N[C@H](C(=C)NC(CCC)C(C)=O)C(C)C. The van der Waals surface area contributed by atoms with E-state index < -0.39 is 0 Å². The van der Waals surface area contributed by atoms with Crippen LogP contribution in [0.25, 0.3) is 0 Å². The van der Waals surface area contributed by atoms with Crippen molar-refractivity contribution >= 4 is 5.78 Å². The molecule has 3 nitrogen and oxygen atoms in total. The molecule has 0 aliphatic heterocycles. The van der Waals surface area contributed by atoms with Crippen molar-refractivity contribution in [1.29, 1.82) is 0 Å². The average Bonchev–Trinajstić information content (AvgIpc) is 2.96. The molecule has 0 saturated heterocycles. The van der Waals surface area contributed by atoms with Crippen molar-refractivity contribution in [2.75, 3.05) is 0 Å². The van der Waals surface area contributed by atoms with Gasteiger partial charge in [0, 0.05) is 11.4 Å². The van der Waals surface area contributed by atoms with Crippen molar-refractivity contribution in [3.63, 3.8) is 0 Å². The van der Waals surface area contributed by atoms with Crippen molar-refractivity contribution < 1.29 is 4.79 Å². The smallest absolute Gasteiger partial charge is 0.151 e. The Labute approximate surface area is 143 Å². The van der Waals surface area contributed by atoms with Crippen LogP contribution in [0.3, 0.4) is 0 Å². The van der Waals surface area contributed by atoms with Crippen LogP contribution in [0.4, 0.5) is 0 Å². The van der Waals surface area contributed by atoms with Gasteiger partial charge in [-0.2, -0.15) is 0 Å². The summed E-state index contributed by atoms with van der Waals surface area (Å²) in [6, 6.07) is -0.0127. The topological polar surface area (TPSA) is 41.1 Å². The standard InChI is InChI=1S/C20H36N2O/c1-7-10-19(17(6)23)22-16(5)20(14(2)3)21-15(4)13-18-11-8-9-12-18/h14,18-22H,4-5,7-13H2,1-3,6H3/t19?,20-/m0/s1. The van der Waals surface area contributed by atoms with E-state index in [1.165, 1.54) is 25.7 Å². The van der Waals surface area contributed by atoms with Gasteiger partial charge in [0.2, 0.25) is 0 Å². The van der Waals surface area contributed by atoms with E-state index in [0.29, 0.717) is 5.92 Å². The highest BCUT2D eigenvalue weighted by molar-refractivity contribution is 5.81. The fourth-order valence-corrected chi connectivity index (χ4v) is 3.48. The van der Waals surface area contributed by atoms with Crippen molar-refractivity contribution in [3.8, 4) is 0 Å². The van der Waals surface area contributed by atoms with Crippen molar-refractivity contribution in [1.82, 2.24) is 10.6 Å². The number of carbonyl (C=O) groups excluding carboxylic acids is 1. The van der Waals surface area contributed by atoms with Gasteiger partial charge < -0.3 is 10.6 Å². The summed E-state index contributed by atoms with van der Waals surface area (Å²) in [4.78, 5) is 11.8. The van der Waals surface area contributed by atoms with Crippen molar-refractivity contribution in [2.45, 2.75) is 84.7 Å². The van der Waals surface area contributed by atoms with Crippen LogP contribution in [0.2, 0.25) is 0 Å². The molecule has 1 unspecified atom stereocenters. The molecule has 0 aromatic heterocycles. The molecule has 1 saturated carbocycles. The van der Waals surface area contributed by atoms with E-state index in [-0.39, 0.29) is 17.9 Å². The van der Waals surface area contributed by atoms with Crippen molar-refractivity contribution in [2.24, 2.45) is 11.8 Å². The highest BCUT2D eigenvalue weighted by Gasteiger charge is 2.23. The summed E-state index contributed by atoms with van der Waals surface area (Å²) in [7, 11) is 0. The zero-order valence-electron chi connectivity index (χ0n) is 15.6. The molecule has 1 fully saturated rings. The highest BCUT2D eigenvalue weighted by atomic mass is 16.1. The van der Waals surface area contributed by atoms with E-state index in [9.17, 15) is 4.79 Å². The Morgan fingerprint density at radius 2 is 1.78 bits per heavy atom. The Balaban J connectivity index is 2.59. The van der Waals surface area contributed by atoms with Gasteiger partial charge in [-0.05, 0) is 31.6 Å². The Hall–Kier alpha value is -1.25. The fourth-order valence-electron chi connectivity index (χ4n) is 3.48. The van der Waals surface area contributed by atoms with Crippen LogP contribution in [0, 0.1) is 11.8 Å². The number of hydrogen-bond acceptors (Lipinski definition) is 3. The number of ketones is 1. The molecular weight excluding hydrogens is 284 g/mol. The molecule has 0 radical (unpaired) electrons. The van der Waals surface area contributed by atoms with Crippen molar-refractivity contribution in [3.05, 3.63) is 24.6 Å². The third-order valence-corrected chi connectivity index (χ3v) is 4.84. The monoisotopic (exact) mass is 320 g/mol. The van der Waals surface area contributed by atoms with Crippen LogP contribution < -0.4 is 10.6 Å². The molecule has 0 aromatic carbocycles. The summed E-state index contributed by atoms with van der Waals surface area (Å²) in [6.07, 6.45) is 8.26. The molecule has 1 rings (SSSR count). The summed E-state index contributed by atoms with van der Waals surface area (Å²) in [5, 5.41) is 6.91. The molecule has 0 spiro atoms. The van der Waals surface area contributed by atoms with E-state index in [2.05, 4.69) is 44.6 Å². The molecule has 0 heterocycles. The number of Topliss-reactive ketones (excluding diaryl/α,β-unsaturated/α-hetero) is 1. The predicted octanol–water partition coefficient (Wildman–Crippen LogP) is 4.56. The van der Waals surface area contributed by atoms with Gasteiger partial charge in [0.25, 0.3) is 0 Å². The van der Waals surface area contributed by atoms with Crippen LogP contribution in [0.5, 0.6) is 0 Å². The van der Waals surface area contributed by atoms with Gasteiger partial charge in [-0.1, -0.05) is 66.0 Å². The van der Waals surface area contributed by atoms with Crippen LogP contribution in [-0.2, 0) is 4.79 Å². The van der Waals surface area contributed by atoms with Crippen LogP contribution in [0.15, 0.2) is 24.6 Å². The quantitative estimate of drug-likeness (QED) is 0.586. The second-order valence-electron chi connectivity index (χ2n) is 7.45. The summed E-state index contributed by atoms with van der Waals surface area (Å²) in [5.41, 5.74) is 2.01. The first-order chi connectivity index (χ1) is 10.8. The largest absolute Gasteiger partial charge is 0.380 e. The van der Waals surface area contributed by atoms with E-state index in [1.807, 2.05) is 0 Å². The lowest BCUT2D eigenvalue weighted by atomic mass is 9.97. The lowest BCUT2D eigenvalue weighted by Gasteiger charge is -2.30. The first-order valence-electron chi connectivity index (χ1n) is 9.25. The minimum absolute atomic E-state index is 0.114. The van der Waals surface area contributed by atoms with Gasteiger partial charge in [0.05, 0.1) is 12.1 Å². The minimum Gasteiger partial charge on any atom is -0.380 e. The molecule has 3 heteroatoms. The Bertz CT molecular complexity index is 408. The lowest BCUT2D eigenvalue weighted by Crippen LogP contribution is -2.44. The first kappa shape index (κ1) is 19.8. The number of carbonyl (C=O) groups is 1.